The van der Waals surface area contributed by atoms with E-state index in [1.54, 1.807) is 6.20 Å². The number of hydrogen-bond acceptors (Lipinski definition) is 4. The fourth-order valence-electron chi connectivity index (χ4n) is 1.80. The monoisotopic (exact) mass is 351 g/mol. The van der Waals surface area contributed by atoms with E-state index < -0.39 is 33.8 Å². The van der Waals surface area contributed by atoms with Crippen molar-refractivity contribution in [3.8, 4) is 0 Å². The number of hydrogen-bond donors (Lipinski definition) is 1. The fourth-order valence-corrected chi connectivity index (χ4v) is 16.0. The average Bonchev–Trinajstić information content (AvgIpc) is 2.05. The first-order valence-electron chi connectivity index (χ1n) is 7.15. The van der Waals surface area contributed by atoms with Gasteiger partial charge in [-0.3, -0.25) is 0 Å². The summed E-state index contributed by atoms with van der Waals surface area (Å²) < 4.78 is 19.4. The van der Waals surface area contributed by atoms with Crippen molar-refractivity contribution in [3.05, 3.63) is 12.3 Å². The molecule has 0 aliphatic rings. The Morgan fingerprint density at radius 1 is 0.700 bits per heavy atom. The molecule has 0 saturated heterocycles. The molecule has 0 unspecified atom stereocenters. The molecule has 0 aromatic heterocycles. The summed E-state index contributed by atoms with van der Waals surface area (Å²) >= 11 is 0. The minimum atomic E-state index is -2.70. The van der Waals surface area contributed by atoms with Crippen molar-refractivity contribution < 1.29 is 12.3 Å². The van der Waals surface area contributed by atoms with Gasteiger partial charge < -0.3 is 18.1 Å². The Hall–Kier alpha value is 0.288. The van der Waals surface area contributed by atoms with Crippen LogP contribution >= 0.6 is 0 Å². The van der Waals surface area contributed by atoms with Crippen LogP contribution in [0.4, 0.5) is 0 Å². The van der Waals surface area contributed by atoms with Crippen LogP contribution in [-0.2, 0) is 12.3 Å². The van der Waals surface area contributed by atoms with Gasteiger partial charge in [-0.2, -0.15) is 0 Å². The second-order valence-corrected chi connectivity index (χ2v) is 24.9. The molecule has 4 nitrogen and oxygen atoms in total. The summed E-state index contributed by atoms with van der Waals surface area (Å²) in [4.78, 5) is 0. The molecule has 0 fully saturated rings. The van der Waals surface area contributed by atoms with Crippen LogP contribution in [0, 0.1) is 0 Å². The van der Waals surface area contributed by atoms with Crippen LogP contribution in [0.25, 0.3) is 0 Å². The molecule has 0 aromatic carbocycles. The summed E-state index contributed by atoms with van der Waals surface area (Å²) in [7, 11) is -7.99. The molecule has 0 aliphatic heterocycles. The first kappa shape index (κ1) is 20.3. The minimum Gasteiger partial charge on any atom is -0.417 e. The Morgan fingerprint density at radius 3 is 1.20 bits per heavy atom. The Labute approximate surface area is 129 Å². The molecule has 120 valence electrons. The zero-order chi connectivity index (χ0) is 16.2. The van der Waals surface area contributed by atoms with Crippen LogP contribution < -0.4 is 5.73 Å². The Balaban J connectivity index is 5.50. The Bertz CT molecular complexity index is 288. The third-order valence-electron chi connectivity index (χ3n) is 1.89. The molecule has 0 radical (unpaired) electrons. The zero-order valence-electron chi connectivity index (χ0n) is 14.7. The average molecular weight is 352 g/mol. The maximum absolute atomic E-state index is 6.48. The molecule has 0 rings (SSSR count). The van der Waals surface area contributed by atoms with E-state index in [0.717, 1.165) is 0 Å². The molecule has 0 saturated carbocycles. The van der Waals surface area contributed by atoms with Crippen molar-refractivity contribution in [1.82, 2.24) is 0 Å². The third kappa shape index (κ3) is 10.1. The second-order valence-electron chi connectivity index (χ2n) is 7.96. The highest BCUT2D eigenvalue weighted by molar-refractivity contribution is 6.90. The van der Waals surface area contributed by atoms with E-state index in [0.29, 0.717) is 6.04 Å². The number of rotatable bonds is 8. The summed E-state index contributed by atoms with van der Waals surface area (Å²) in [6.07, 6.45) is 3.49. The maximum Gasteiger partial charge on any atom is 0.473 e. The smallest absolute Gasteiger partial charge is 0.417 e. The van der Waals surface area contributed by atoms with Gasteiger partial charge in [0.25, 0.3) is 0 Å². The molecule has 2 N–H and O–H groups in total. The summed E-state index contributed by atoms with van der Waals surface area (Å²) in [5.41, 5.74) is 5.54. The van der Waals surface area contributed by atoms with E-state index in [9.17, 15) is 0 Å². The van der Waals surface area contributed by atoms with Gasteiger partial charge in [-0.1, -0.05) is 6.08 Å². The standard InChI is InChI=1S/C12H33NO3Si4/c1-17(2,3)14-20(12-10-11-13,15-18(4,5)6)16-19(7,8)9/h10-11H,12-13H2,1-9H3. The van der Waals surface area contributed by atoms with Crippen molar-refractivity contribution in [1.29, 1.82) is 0 Å². The van der Waals surface area contributed by atoms with Gasteiger partial charge in [-0.05, 0) is 65.1 Å². The lowest BCUT2D eigenvalue weighted by atomic mass is 10.7. The molecule has 20 heavy (non-hydrogen) atoms. The highest BCUT2D eigenvalue weighted by Crippen LogP contribution is 2.28. The fraction of sp³-hybridized carbons (Fsp3) is 0.833. The Morgan fingerprint density at radius 2 is 1.00 bits per heavy atom. The van der Waals surface area contributed by atoms with Gasteiger partial charge in [0.15, 0.2) is 25.0 Å². The van der Waals surface area contributed by atoms with Crippen molar-refractivity contribution in [2.24, 2.45) is 5.73 Å². The molecule has 0 atom stereocenters. The van der Waals surface area contributed by atoms with Gasteiger partial charge in [0.2, 0.25) is 0 Å². The summed E-state index contributed by atoms with van der Waals surface area (Å²) in [6.45, 7) is 19.6. The van der Waals surface area contributed by atoms with Gasteiger partial charge >= 0.3 is 8.80 Å². The van der Waals surface area contributed by atoms with Crippen LogP contribution in [-0.4, -0.2) is 33.8 Å². The lowest BCUT2D eigenvalue weighted by Gasteiger charge is -2.42. The van der Waals surface area contributed by atoms with E-state index in [1.165, 1.54) is 0 Å². The number of allylic oxidation sites excluding steroid dienone is 1. The largest absolute Gasteiger partial charge is 0.473 e. The molecule has 0 spiro atoms. The SMILES string of the molecule is C[Si](C)(C)O[Si](CC=CN)(O[Si](C)(C)C)O[Si](C)(C)C. The minimum absolute atomic E-state index is 0.669. The molecule has 0 aliphatic carbocycles. The molecule has 8 heteroatoms. The predicted octanol–water partition coefficient (Wildman–Crippen LogP) is 3.95. The first-order chi connectivity index (χ1) is 8.68. The predicted molar refractivity (Wildman–Crippen MR) is 97.2 cm³/mol. The van der Waals surface area contributed by atoms with Gasteiger partial charge in [0.05, 0.1) is 0 Å². The maximum atomic E-state index is 6.48. The zero-order valence-corrected chi connectivity index (χ0v) is 18.7. The van der Waals surface area contributed by atoms with Crippen LogP contribution in [0.5, 0.6) is 0 Å². The quantitative estimate of drug-likeness (QED) is 0.673. The van der Waals surface area contributed by atoms with Crippen LogP contribution in [0.1, 0.15) is 0 Å². The van der Waals surface area contributed by atoms with E-state index in [1.807, 2.05) is 6.08 Å². The third-order valence-corrected chi connectivity index (χ3v) is 13.7. The van der Waals surface area contributed by atoms with Crippen LogP contribution in [0.15, 0.2) is 12.3 Å². The van der Waals surface area contributed by atoms with Crippen LogP contribution in [0.3, 0.4) is 0 Å². The molecular weight excluding hydrogens is 318 g/mol. The lowest BCUT2D eigenvalue weighted by Crippen LogP contribution is -2.60. The van der Waals surface area contributed by atoms with E-state index in [4.69, 9.17) is 18.1 Å². The summed E-state index contributed by atoms with van der Waals surface area (Å²) in [6, 6.07) is 0.669. The van der Waals surface area contributed by atoms with E-state index >= 15 is 0 Å². The van der Waals surface area contributed by atoms with E-state index in [2.05, 4.69) is 58.9 Å². The highest BCUT2D eigenvalue weighted by atomic mass is 28.5. The van der Waals surface area contributed by atoms with Gasteiger partial charge in [0, 0.05) is 6.04 Å². The molecule has 0 aromatic rings. The second kappa shape index (κ2) is 7.03. The normalized spacial score (nSPS) is 15.1. The van der Waals surface area contributed by atoms with Gasteiger partial charge in [0.1, 0.15) is 0 Å². The van der Waals surface area contributed by atoms with Gasteiger partial charge in [-0.25, -0.2) is 0 Å². The first-order valence-corrected chi connectivity index (χ1v) is 19.3. The van der Waals surface area contributed by atoms with Crippen molar-refractivity contribution in [2.75, 3.05) is 0 Å². The Kier molecular flexibility index (Phi) is 7.13. The van der Waals surface area contributed by atoms with Crippen molar-refractivity contribution in [3.63, 3.8) is 0 Å². The number of nitrogens with two attached hydrogens (primary N) is 1. The van der Waals surface area contributed by atoms with Gasteiger partial charge in [-0.15, -0.1) is 0 Å². The highest BCUT2D eigenvalue weighted by Gasteiger charge is 2.49. The molecule has 0 bridgehead atoms. The van der Waals surface area contributed by atoms with Crippen molar-refractivity contribution >= 4 is 33.8 Å². The lowest BCUT2D eigenvalue weighted by molar-refractivity contribution is 0.257. The topological polar surface area (TPSA) is 53.7 Å². The van der Waals surface area contributed by atoms with Crippen molar-refractivity contribution in [2.45, 2.75) is 65.0 Å². The molecule has 0 heterocycles. The molecular formula is C12H33NO3Si4. The summed E-state index contributed by atoms with van der Waals surface area (Å²) in [5.74, 6) is 0. The van der Waals surface area contributed by atoms with E-state index in [-0.39, 0.29) is 0 Å². The van der Waals surface area contributed by atoms with Crippen LogP contribution in [0.2, 0.25) is 65.0 Å². The summed E-state index contributed by atoms with van der Waals surface area (Å²) in [5, 5.41) is 0. The molecule has 0 amide bonds.